The van der Waals surface area contributed by atoms with E-state index in [1.807, 2.05) is 0 Å². The van der Waals surface area contributed by atoms with Crippen LogP contribution in [0.1, 0.15) is 39.5 Å². The average molecular weight is 469 g/mol. The quantitative estimate of drug-likeness (QED) is 0.344. The Morgan fingerprint density at radius 1 is 1.13 bits per heavy atom. The summed E-state index contributed by atoms with van der Waals surface area (Å²) in [6.07, 6.45) is -10.5. The van der Waals surface area contributed by atoms with E-state index in [4.69, 9.17) is 9.29 Å². The molecule has 0 bridgehead atoms. The van der Waals surface area contributed by atoms with Gasteiger partial charge in [-0.3, -0.25) is 19.0 Å². The third-order valence-corrected chi connectivity index (χ3v) is 5.92. The lowest BCUT2D eigenvalue weighted by molar-refractivity contribution is -0.261. The second kappa shape index (κ2) is 8.91. The highest BCUT2D eigenvalue weighted by atomic mass is 32.2. The minimum atomic E-state index is -6.50. The van der Waals surface area contributed by atoms with Crippen molar-refractivity contribution in [2.45, 2.75) is 68.7 Å². The summed E-state index contributed by atoms with van der Waals surface area (Å²) in [4.78, 5) is 25.7. The molecule has 0 aliphatic heterocycles. The van der Waals surface area contributed by atoms with Crippen LogP contribution in [0.2, 0.25) is 0 Å². The summed E-state index contributed by atoms with van der Waals surface area (Å²) in [6.45, 7) is 3.17. The highest BCUT2D eigenvalue weighted by Crippen LogP contribution is 2.40. The second-order valence-electron chi connectivity index (χ2n) is 7.68. The molecule has 2 atom stereocenters. The molecule has 0 spiro atoms. The normalized spacial score (nSPS) is 25.5. The predicted molar refractivity (Wildman–Crippen MR) is 92.0 cm³/mol. The number of hydrogen-bond donors (Lipinski definition) is 1. The number of alkyl halides is 5. The van der Waals surface area contributed by atoms with Crippen molar-refractivity contribution in [2.24, 2.45) is 5.92 Å². The molecule has 30 heavy (non-hydrogen) atoms. The Morgan fingerprint density at radius 3 is 1.97 bits per heavy atom. The zero-order valence-electron chi connectivity index (χ0n) is 16.7. The van der Waals surface area contributed by atoms with Gasteiger partial charge in [-0.1, -0.05) is 0 Å². The minimum Gasteiger partial charge on any atom is -0.458 e. The molecule has 1 aliphatic carbocycles. The van der Waals surface area contributed by atoms with Crippen LogP contribution < -0.4 is 0 Å². The smallest absolute Gasteiger partial charge is 0.432 e. The monoisotopic (exact) mass is 469 g/mol. The van der Waals surface area contributed by atoms with Gasteiger partial charge in [0.25, 0.3) is 6.10 Å². The zero-order valence-corrected chi connectivity index (χ0v) is 17.5. The molecule has 1 saturated carbocycles. The minimum absolute atomic E-state index is 0.0457. The maximum Gasteiger partial charge on any atom is 0.432 e. The number of carbonyl (C=O) groups is 2. The maximum absolute atomic E-state index is 13.5. The van der Waals surface area contributed by atoms with E-state index in [0.29, 0.717) is 0 Å². The van der Waals surface area contributed by atoms with E-state index >= 15 is 0 Å². The molecule has 0 aromatic rings. The Balaban J connectivity index is 2.84. The molecule has 1 N–H and O–H groups in total. The van der Waals surface area contributed by atoms with Crippen molar-refractivity contribution in [3.8, 4) is 0 Å². The number of hydrogen-bond acceptors (Lipinski definition) is 7. The van der Waals surface area contributed by atoms with Crippen LogP contribution in [0.4, 0.5) is 22.0 Å². The number of carbonyl (C=O) groups excluding carboxylic acids is 2. The van der Waals surface area contributed by atoms with Gasteiger partial charge in [-0.2, -0.15) is 30.4 Å². The highest BCUT2D eigenvalue weighted by Gasteiger charge is 2.66. The molecular formula is C16H24F5NO7S. The fourth-order valence-corrected chi connectivity index (χ4v) is 3.23. The highest BCUT2D eigenvalue weighted by molar-refractivity contribution is 7.86. The fourth-order valence-electron chi connectivity index (χ4n) is 2.78. The molecule has 1 rings (SSSR count). The number of likely N-dealkylation sites (N-methyl/N-ethyl adjacent to an activating group) is 1. The number of ether oxygens (including phenoxy) is 2. The van der Waals surface area contributed by atoms with E-state index in [-0.39, 0.29) is 25.7 Å². The first-order chi connectivity index (χ1) is 13.3. The summed E-state index contributed by atoms with van der Waals surface area (Å²) in [7, 11) is -3.19. The Morgan fingerprint density at radius 2 is 1.60 bits per heavy atom. The summed E-state index contributed by atoms with van der Waals surface area (Å²) in [5, 5.41) is -5.78. The van der Waals surface area contributed by atoms with E-state index in [1.54, 1.807) is 32.8 Å². The Bertz CT molecular complexity index is 746. The van der Waals surface area contributed by atoms with Gasteiger partial charge in [0.05, 0.1) is 5.92 Å². The van der Waals surface area contributed by atoms with Gasteiger partial charge in [-0.15, -0.1) is 0 Å². The lowest BCUT2D eigenvalue weighted by Gasteiger charge is -2.37. The van der Waals surface area contributed by atoms with Crippen molar-refractivity contribution < 1.29 is 54.0 Å². The summed E-state index contributed by atoms with van der Waals surface area (Å²) in [5.74, 6) is -3.48. The third kappa shape index (κ3) is 6.23. The van der Waals surface area contributed by atoms with Gasteiger partial charge >= 0.3 is 33.5 Å². The van der Waals surface area contributed by atoms with Gasteiger partial charge in [-0.25, -0.2) is 0 Å². The van der Waals surface area contributed by atoms with Crippen LogP contribution >= 0.6 is 0 Å². The van der Waals surface area contributed by atoms with E-state index in [0.717, 1.165) is 0 Å². The Hall–Kier alpha value is -1.54. The van der Waals surface area contributed by atoms with E-state index in [9.17, 15) is 40.0 Å². The fraction of sp³-hybridized carbons (Fsp3) is 0.875. The molecule has 0 aromatic carbocycles. The van der Waals surface area contributed by atoms with E-state index in [1.165, 1.54) is 0 Å². The molecule has 1 aliphatic rings. The molecule has 1 fully saturated rings. The van der Waals surface area contributed by atoms with Gasteiger partial charge in [-0.05, 0) is 53.6 Å². The Kier molecular flexibility index (Phi) is 7.87. The van der Waals surface area contributed by atoms with Crippen LogP contribution in [0, 0.1) is 5.92 Å². The third-order valence-electron chi connectivity index (χ3n) is 5.02. The zero-order chi connectivity index (χ0) is 23.7. The van der Waals surface area contributed by atoms with Crippen LogP contribution in [-0.4, -0.2) is 73.1 Å². The molecule has 0 radical (unpaired) electrons. The molecule has 0 saturated heterocycles. The van der Waals surface area contributed by atoms with Crippen LogP contribution in [0.25, 0.3) is 0 Å². The van der Waals surface area contributed by atoms with Crippen molar-refractivity contribution in [2.75, 3.05) is 14.1 Å². The van der Waals surface area contributed by atoms with Crippen molar-refractivity contribution in [1.82, 2.24) is 4.90 Å². The first-order valence-electron chi connectivity index (χ1n) is 8.83. The topological polar surface area (TPSA) is 110 Å². The van der Waals surface area contributed by atoms with Gasteiger partial charge in [0.15, 0.2) is 0 Å². The lowest BCUT2D eigenvalue weighted by Crippen LogP contribution is -2.53. The van der Waals surface area contributed by atoms with Crippen molar-refractivity contribution in [1.29, 1.82) is 0 Å². The SMILES string of the molecule is CC(C(=O)OC1(C)CCC(C(=O)OC(C(F)(F)F)C(F)(F)S(=O)(=O)O)CC1)N(C)C. The van der Waals surface area contributed by atoms with Crippen LogP contribution in [0.15, 0.2) is 0 Å². The van der Waals surface area contributed by atoms with Crippen LogP contribution in [0.3, 0.4) is 0 Å². The summed E-state index contributed by atoms with van der Waals surface area (Å²) in [5.41, 5.74) is -1.01. The van der Waals surface area contributed by atoms with Crippen molar-refractivity contribution in [3.05, 3.63) is 0 Å². The van der Waals surface area contributed by atoms with Gasteiger partial charge in [0.2, 0.25) is 0 Å². The van der Waals surface area contributed by atoms with E-state index < -0.39 is 57.2 Å². The average Bonchev–Trinajstić information content (AvgIpc) is 2.56. The van der Waals surface area contributed by atoms with Crippen molar-refractivity contribution >= 4 is 22.1 Å². The molecule has 14 heteroatoms. The molecule has 176 valence electrons. The summed E-state index contributed by atoms with van der Waals surface area (Å²) < 4.78 is 105. The molecule has 8 nitrogen and oxygen atoms in total. The Labute approximate surface area is 170 Å². The first kappa shape index (κ1) is 26.5. The number of esters is 2. The van der Waals surface area contributed by atoms with Gasteiger partial charge < -0.3 is 9.47 Å². The molecule has 0 heterocycles. The molecule has 2 unspecified atom stereocenters. The first-order valence-corrected chi connectivity index (χ1v) is 10.3. The summed E-state index contributed by atoms with van der Waals surface area (Å²) in [6, 6.07) is -0.570. The second-order valence-corrected chi connectivity index (χ2v) is 9.17. The van der Waals surface area contributed by atoms with Gasteiger partial charge in [0, 0.05) is 0 Å². The lowest BCUT2D eigenvalue weighted by atomic mass is 9.79. The van der Waals surface area contributed by atoms with Gasteiger partial charge in [0.1, 0.15) is 11.6 Å². The standard InChI is InChI=1S/C16H24F5NO7S/c1-9(22(3)4)11(23)29-14(2)7-5-10(6-8-14)12(24)28-13(15(17,18)19)16(20,21)30(25,26)27/h9-10,13H,5-8H2,1-4H3,(H,25,26,27). The molecular weight excluding hydrogens is 445 g/mol. The summed E-state index contributed by atoms with van der Waals surface area (Å²) >= 11 is 0. The maximum atomic E-state index is 13.5. The predicted octanol–water partition coefficient (Wildman–Crippen LogP) is 2.38. The number of rotatable bonds is 7. The largest absolute Gasteiger partial charge is 0.458 e. The van der Waals surface area contributed by atoms with Crippen LogP contribution in [0.5, 0.6) is 0 Å². The van der Waals surface area contributed by atoms with Crippen molar-refractivity contribution in [3.63, 3.8) is 0 Å². The molecule has 0 amide bonds. The molecule has 0 aromatic heterocycles. The van der Waals surface area contributed by atoms with Crippen LogP contribution in [-0.2, 0) is 29.2 Å². The number of halogens is 5. The van der Waals surface area contributed by atoms with E-state index in [2.05, 4.69) is 4.74 Å². The number of nitrogens with zero attached hydrogens (tertiary/aromatic N) is 1.